The number of thiophene rings is 1. The quantitative estimate of drug-likeness (QED) is 0.437. The second kappa shape index (κ2) is 7.72. The third kappa shape index (κ3) is 3.40. The van der Waals surface area contributed by atoms with Gasteiger partial charge in [-0.2, -0.15) is 5.26 Å². The highest BCUT2D eigenvalue weighted by molar-refractivity contribution is 7.14. The van der Waals surface area contributed by atoms with Crippen LogP contribution in [-0.4, -0.2) is 32.5 Å². The minimum absolute atomic E-state index is 0.0236. The SMILES string of the molecule is CN1C(=C(C#N)C(=O)COC(=O)c2cc3c(s2)CCCC3)N(C)c2ccccc21. The van der Waals surface area contributed by atoms with Crippen LogP contribution in [0.4, 0.5) is 11.4 Å². The fraction of sp³-hybridized carbons (Fsp3) is 0.318. The Kier molecular flexibility index (Phi) is 5.12. The maximum Gasteiger partial charge on any atom is 0.348 e. The van der Waals surface area contributed by atoms with Gasteiger partial charge in [0.15, 0.2) is 6.61 Å². The summed E-state index contributed by atoms with van der Waals surface area (Å²) in [6.45, 7) is -0.453. The lowest BCUT2D eigenvalue weighted by Crippen LogP contribution is -2.27. The highest BCUT2D eigenvalue weighted by Gasteiger charge is 2.31. The normalized spacial score (nSPS) is 14.9. The molecular weight excluding hydrogens is 386 g/mol. The van der Waals surface area contributed by atoms with E-state index in [0.29, 0.717) is 10.7 Å². The Hall–Kier alpha value is -3.11. The van der Waals surface area contributed by atoms with Gasteiger partial charge < -0.3 is 14.5 Å². The topological polar surface area (TPSA) is 73.6 Å². The number of carbonyl (C=O) groups excluding carboxylic acids is 2. The first-order valence-electron chi connectivity index (χ1n) is 9.54. The fourth-order valence-electron chi connectivity index (χ4n) is 3.92. The summed E-state index contributed by atoms with van der Waals surface area (Å²) in [7, 11) is 3.62. The minimum Gasteiger partial charge on any atom is -0.453 e. The van der Waals surface area contributed by atoms with Crippen LogP contribution in [0.1, 0.15) is 33.0 Å². The zero-order valence-electron chi connectivity index (χ0n) is 16.4. The van der Waals surface area contributed by atoms with E-state index in [1.54, 1.807) is 9.80 Å². The summed E-state index contributed by atoms with van der Waals surface area (Å²) in [6.07, 6.45) is 4.26. The van der Waals surface area contributed by atoms with Crippen LogP contribution in [0.3, 0.4) is 0 Å². The number of ketones is 1. The van der Waals surface area contributed by atoms with Gasteiger partial charge in [0.2, 0.25) is 5.78 Å². The van der Waals surface area contributed by atoms with Gasteiger partial charge in [-0.25, -0.2) is 4.79 Å². The molecule has 0 amide bonds. The number of carbonyl (C=O) groups is 2. The Morgan fingerprint density at radius 2 is 1.79 bits per heavy atom. The summed E-state index contributed by atoms with van der Waals surface area (Å²) in [4.78, 5) is 30.5. The van der Waals surface area contributed by atoms with Crippen molar-refractivity contribution in [3.63, 3.8) is 0 Å². The molecular formula is C22H21N3O3S. The van der Waals surface area contributed by atoms with Crippen molar-refractivity contribution in [1.29, 1.82) is 5.26 Å². The third-order valence-corrected chi connectivity index (χ3v) is 6.60. The predicted molar refractivity (Wildman–Crippen MR) is 112 cm³/mol. The Balaban J connectivity index is 1.50. The number of nitriles is 1. The van der Waals surface area contributed by atoms with Gasteiger partial charge in [0.05, 0.1) is 11.4 Å². The van der Waals surface area contributed by atoms with Crippen LogP contribution < -0.4 is 9.80 Å². The average molecular weight is 407 g/mol. The summed E-state index contributed by atoms with van der Waals surface area (Å²) in [5.74, 6) is -0.526. The molecule has 148 valence electrons. The lowest BCUT2D eigenvalue weighted by Gasteiger charge is -2.19. The monoisotopic (exact) mass is 407 g/mol. The second-order valence-corrected chi connectivity index (χ2v) is 8.32. The molecule has 0 fully saturated rings. The lowest BCUT2D eigenvalue weighted by atomic mass is 9.99. The second-order valence-electron chi connectivity index (χ2n) is 7.18. The summed E-state index contributed by atoms with van der Waals surface area (Å²) in [5, 5.41) is 9.64. The van der Waals surface area contributed by atoms with Crippen molar-refractivity contribution < 1.29 is 14.3 Å². The fourth-order valence-corrected chi connectivity index (χ4v) is 5.07. The van der Waals surface area contributed by atoms with E-state index in [0.717, 1.165) is 37.1 Å². The van der Waals surface area contributed by atoms with E-state index in [9.17, 15) is 14.9 Å². The molecule has 0 saturated carbocycles. The van der Waals surface area contributed by atoms with Gasteiger partial charge >= 0.3 is 5.97 Å². The number of rotatable bonds is 4. The number of aryl methyl sites for hydroxylation is 2. The van der Waals surface area contributed by atoms with Crippen LogP contribution in [0.2, 0.25) is 0 Å². The largest absolute Gasteiger partial charge is 0.453 e. The van der Waals surface area contributed by atoms with E-state index in [4.69, 9.17) is 4.74 Å². The van der Waals surface area contributed by atoms with Crippen molar-refractivity contribution in [2.24, 2.45) is 0 Å². The summed E-state index contributed by atoms with van der Waals surface area (Å²) < 4.78 is 5.26. The molecule has 0 radical (unpaired) electrons. The van der Waals surface area contributed by atoms with Crippen molar-refractivity contribution in [3.8, 4) is 6.07 Å². The van der Waals surface area contributed by atoms with Gasteiger partial charge in [0, 0.05) is 19.0 Å². The molecule has 1 aromatic heterocycles. The summed E-state index contributed by atoms with van der Waals surface area (Å²) in [5.41, 5.74) is 3.01. The predicted octanol–water partition coefficient (Wildman–Crippen LogP) is 3.67. The van der Waals surface area contributed by atoms with Gasteiger partial charge in [-0.05, 0) is 49.4 Å². The number of hydrogen-bond donors (Lipinski definition) is 0. The molecule has 0 bridgehead atoms. The van der Waals surface area contributed by atoms with Crippen molar-refractivity contribution in [2.75, 3.05) is 30.5 Å². The maximum absolute atomic E-state index is 12.7. The molecule has 1 aliphatic heterocycles. The number of nitrogens with zero attached hydrogens (tertiary/aromatic N) is 3. The van der Waals surface area contributed by atoms with E-state index >= 15 is 0 Å². The molecule has 1 aliphatic carbocycles. The molecule has 2 aromatic rings. The Labute approximate surface area is 173 Å². The van der Waals surface area contributed by atoms with Crippen LogP contribution >= 0.6 is 11.3 Å². The highest BCUT2D eigenvalue weighted by atomic mass is 32.1. The average Bonchev–Trinajstić information content (AvgIpc) is 3.28. The molecule has 0 spiro atoms. The Bertz CT molecular complexity index is 1010. The van der Waals surface area contributed by atoms with Gasteiger partial charge in [0.1, 0.15) is 22.3 Å². The Morgan fingerprint density at radius 3 is 2.41 bits per heavy atom. The molecule has 0 unspecified atom stereocenters. The van der Waals surface area contributed by atoms with Crippen LogP contribution in [-0.2, 0) is 22.4 Å². The van der Waals surface area contributed by atoms with Crippen LogP contribution in [0.5, 0.6) is 0 Å². The van der Waals surface area contributed by atoms with Crippen LogP contribution in [0.25, 0.3) is 0 Å². The maximum atomic E-state index is 12.7. The van der Waals surface area contributed by atoms with Gasteiger partial charge in [-0.3, -0.25) is 4.79 Å². The van der Waals surface area contributed by atoms with E-state index in [1.807, 2.05) is 50.5 Å². The minimum atomic E-state index is -0.510. The van der Waals surface area contributed by atoms with E-state index in [2.05, 4.69) is 0 Å². The van der Waals surface area contributed by atoms with Gasteiger partial charge in [0.25, 0.3) is 0 Å². The zero-order chi connectivity index (χ0) is 20.5. The molecule has 1 aromatic carbocycles. The highest BCUT2D eigenvalue weighted by Crippen LogP contribution is 2.40. The smallest absolute Gasteiger partial charge is 0.348 e. The molecule has 29 heavy (non-hydrogen) atoms. The first-order chi connectivity index (χ1) is 14.0. The molecule has 0 N–H and O–H groups in total. The molecule has 2 aliphatic rings. The number of hydrogen-bond acceptors (Lipinski definition) is 7. The number of ether oxygens (including phenoxy) is 1. The van der Waals surface area contributed by atoms with E-state index < -0.39 is 18.4 Å². The molecule has 2 heterocycles. The molecule has 6 nitrogen and oxygen atoms in total. The zero-order valence-corrected chi connectivity index (χ0v) is 17.2. The van der Waals surface area contributed by atoms with E-state index in [1.165, 1.54) is 21.8 Å². The van der Waals surface area contributed by atoms with Crippen LogP contribution in [0, 0.1) is 11.3 Å². The molecule has 0 atom stereocenters. The van der Waals surface area contributed by atoms with Crippen molar-refractivity contribution >= 4 is 34.5 Å². The van der Waals surface area contributed by atoms with Crippen molar-refractivity contribution in [3.05, 3.63) is 57.0 Å². The van der Waals surface area contributed by atoms with E-state index in [-0.39, 0.29) is 5.57 Å². The van der Waals surface area contributed by atoms with Gasteiger partial charge in [-0.15, -0.1) is 11.3 Å². The molecule has 0 saturated heterocycles. The van der Waals surface area contributed by atoms with Crippen molar-refractivity contribution in [1.82, 2.24) is 0 Å². The summed E-state index contributed by atoms with van der Waals surface area (Å²) >= 11 is 1.45. The van der Waals surface area contributed by atoms with Crippen molar-refractivity contribution in [2.45, 2.75) is 25.7 Å². The van der Waals surface area contributed by atoms with Crippen LogP contribution in [0.15, 0.2) is 41.7 Å². The third-order valence-electron chi connectivity index (χ3n) is 5.39. The number of para-hydroxylation sites is 2. The number of benzene rings is 1. The standard InChI is InChI=1S/C22H21N3O3S/c1-24-16-8-4-5-9-17(16)25(2)21(24)15(12-23)18(26)13-28-22(27)20-11-14-7-3-6-10-19(14)29-20/h4-5,8-9,11H,3,6-7,10,13H2,1-2H3. The summed E-state index contributed by atoms with van der Waals surface area (Å²) in [6, 6.07) is 11.5. The number of esters is 1. The molecule has 7 heteroatoms. The van der Waals surface area contributed by atoms with Gasteiger partial charge in [-0.1, -0.05) is 12.1 Å². The lowest BCUT2D eigenvalue weighted by molar-refractivity contribution is -0.118. The number of Topliss-reactive ketones (excluding diaryl/α,β-unsaturated/α-hetero) is 1. The first kappa shape index (κ1) is 19.2. The number of fused-ring (bicyclic) bond motifs is 2. The Morgan fingerprint density at radius 1 is 1.14 bits per heavy atom. The first-order valence-corrected chi connectivity index (χ1v) is 10.4. The molecule has 4 rings (SSSR count). The number of anilines is 2.